The van der Waals surface area contributed by atoms with Crippen molar-refractivity contribution in [1.82, 2.24) is 9.91 Å². The van der Waals surface area contributed by atoms with Gasteiger partial charge in [0, 0.05) is 38.9 Å². The highest BCUT2D eigenvalue weighted by Crippen LogP contribution is 2.21. The molecule has 0 aromatic heterocycles. The van der Waals surface area contributed by atoms with E-state index >= 15 is 0 Å². The minimum Gasteiger partial charge on any atom is -0.481 e. The largest absolute Gasteiger partial charge is 0.481 e. The summed E-state index contributed by atoms with van der Waals surface area (Å²) in [5, 5.41) is 13.7. The third-order valence-corrected chi connectivity index (χ3v) is 3.16. The van der Waals surface area contributed by atoms with Gasteiger partial charge in [0.05, 0.1) is 6.42 Å². The standard InChI is InChI=1S/C11H15N3O4/c1-13-9(15)3-2-8(12-13)11(18)14-5-7(6-14)4-10(16)17/h7H,2-6H2,1H3,(H,16,17). The summed E-state index contributed by atoms with van der Waals surface area (Å²) in [4.78, 5) is 35.3. The molecule has 0 aromatic rings. The Hall–Kier alpha value is -1.92. The van der Waals surface area contributed by atoms with Gasteiger partial charge in [0.25, 0.3) is 5.91 Å². The SMILES string of the molecule is CN1N=C(C(=O)N2CC(CC(=O)O)C2)CCC1=O. The Morgan fingerprint density at radius 1 is 1.39 bits per heavy atom. The summed E-state index contributed by atoms with van der Waals surface area (Å²) in [5.74, 6) is -1.09. The number of hydrogen-bond acceptors (Lipinski definition) is 4. The third kappa shape index (κ3) is 2.49. The van der Waals surface area contributed by atoms with E-state index in [4.69, 9.17) is 5.11 Å². The van der Waals surface area contributed by atoms with Crippen molar-refractivity contribution in [2.24, 2.45) is 11.0 Å². The van der Waals surface area contributed by atoms with Gasteiger partial charge in [0.2, 0.25) is 5.91 Å². The van der Waals surface area contributed by atoms with Crippen LogP contribution in [0.2, 0.25) is 0 Å². The van der Waals surface area contributed by atoms with Crippen molar-refractivity contribution in [3.8, 4) is 0 Å². The summed E-state index contributed by atoms with van der Waals surface area (Å²) in [6.45, 7) is 0.920. The molecular formula is C11H15N3O4. The minimum atomic E-state index is -0.840. The van der Waals surface area contributed by atoms with Gasteiger partial charge >= 0.3 is 5.97 Å². The topological polar surface area (TPSA) is 90.3 Å². The van der Waals surface area contributed by atoms with E-state index in [1.165, 1.54) is 12.1 Å². The van der Waals surface area contributed by atoms with E-state index in [2.05, 4.69) is 5.10 Å². The predicted molar refractivity (Wildman–Crippen MR) is 61.8 cm³/mol. The molecular weight excluding hydrogens is 238 g/mol. The molecule has 98 valence electrons. The van der Waals surface area contributed by atoms with Crippen molar-refractivity contribution in [1.29, 1.82) is 0 Å². The van der Waals surface area contributed by atoms with Crippen LogP contribution in [0.15, 0.2) is 5.10 Å². The van der Waals surface area contributed by atoms with E-state index in [0.717, 1.165) is 0 Å². The first-order valence-electron chi connectivity index (χ1n) is 5.82. The second-order valence-electron chi connectivity index (χ2n) is 4.64. The Morgan fingerprint density at radius 3 is 2.61 bits per heavy atom. The number of amides is 2. The fraction of sp³-hybridized carbons (Fsp3) is 0.636. The molecule has 0 aliphatic carbocycles. The van der Waals surface area contributed by atoms with Crippen molar-refractivity contribution in [2.45, 2.75) is 19.3 Å². The maximum atomic E-state index is 12.0. The van der Waals surface area contributed by atoms with Crippen LogP contribution in [0, 0.1) is 5.92 Å². The monoisotopic (exact) mass is 253 g/mol. The van der Waals surface area contributed by atoms with Crippen LogP contribution in [0.25, 0.3) is 0 Å². The molecule has 0 radical (unpaired) electrons. The van der Waals surface area contributed by atoms with Crippen molar-refractivity contribution in [3.63, 3.8) is 0 Å². The summed E-state index contributed by atoms with van der Waals surface area (Å²) >= 11 is 0. The molecule has 1 fully saturated rings. The van der Waals surface area contributed by atoms with Crippen LogP contribution in [-0.4, -0.2) is 58.6 Å². The molecule has 7 heteroatoms. The number of nitrogens with zero attached hydrogens (tertiary/aromatic N) is 3. The molecule has 2 aliphatic rings. The summed E-state index contributed by atoms with van der Waals surface area (Å²) in [5.41, 5.74) is 0.380. The molecule has 2 heterocycles. The number of aliphatic carboxylic acids is 1. The summed E-state index contributed by atoms with van der Waals surface area (Å²) in [6, 6.07) is 0. The number of hydrazone groups is 1. The summed E-state index contributed by atoms with van der Waals surface area (Å²) in [7, 11) is 1.53. The highest BCUT2D eigenvalue weighted by atomic mass is 16.4. The summed E-state index contributed by atoms with van der Waals surface area (Å²) in [6.07, 6.45) is 0.754. The van der Waals surface area contributed by atoms with Crippen molar-refractivity contribution in [2.75, 3.05) is 20.1 Å². The molecule has 18 heavy (non-hydrogen) atoms. The average molecular weight is 253 g/mol. The fourth-order valence-corrected chi connectivity index (χ4v) is 2.12. The highest BCUT2D eigenvalue weighted by Gasteiger charge is 2.35. The number of carboxylic acids is 1. The Kier molecular flexibility index (Phi) is 3.31. The zero-order chi connectivity index (χ0) is 13.3. The molecule has 2 aliphatic heterocycles. The molecule has 2 rings (SSSR count). The van der Waals surface area contributed by atoms with Crippen LogP contribution in [-0.2, 0) is 14.4 Å². The number of carbonyl (C=O) groups excluding carboxylic acids is 2. The lowest BCUT2D eigenvalue weighted by Crippen LogP contribution is -2.53. The van der Waals surface area contributed by atoms with Crippen LogP contribution in [0.4, 0.5) is 0 Å². The van der Waals surface area contributed by atoms with E-state index in [1.54, 1.807) is 4.90 Å². The second kappa shape index (κ2) is 4.75. The van der Waals surface area contributed by atoms with Crippen LogP contribution in [0.5, 0.6) is 0 Å². The van der Waals surface area contributed by atoms with Gasteiger partial charge in [-0.2, -0.15) is 5.10 Å². The van der Waals surface area contributed by atoms with Gasteiger partial charge < -0.3 is 10.0 Å². The predicted octanol–water partition coefficient (Wildman–Crippen LogP) is -0.472. The first-order chi connectivity index (χ1) is 8.47. The zero-order valence-electron chi connectivity index (χ0n) is 10.1. The van der Waals surface area contributed by atoms with Crippen molar-refractivity contribution >= 4 is 23.5 Å². The lowest BCUT2D eigenvalue weighted by Gasteiger charge is -2.39. The molecule has 7 nitrogen and oxygen atoms in total. The normalized spacial score (nSPS) is 20.5. The quantitative estimate of drug-likeness (QED) is 0.736. The maximum absolute atomic E-state index is 12.0. The van der Waals surface area contributed by atoms with Gasteiger partial charge in [-0.05, 0) is 0 Å². The van der Waals surface area contributed by atoms with Crippen molar-refractivity contribution < 1.29 is 19.5 Å². The Bertz CT molecular complexity index is 426. The molecule has 0 atom stereocenters. The van der Waals surface area contributed by atoms with Crippen LogP contribution in [0.1, 0.15) is 19.3 Å². The number of hydrogen-bond donors (Lipinski definition) is 1. The summed E-state index contributed by atoms with van der Waals surface area (Å²) < 4.78 is 0. The second-order valence-corrected chi connectivity index (χ2v) is 4.64. The molecule has 2 amide bonds. The molecule has 0 spiro atoms. The lowest BCUT2D eigenvalue weighted by molar-refractivity contribution is -0.142. The zero-order valence-corrected chi connectivity index (χ0v) is 10.1. The van der Waals surface area contributed by atoms with Crippen molar-refractivity contribution in [3.05, 3.63) is 0 Å². The van der Waals surface area contributed by atoms with E-state index in [9.17, 15) is 14.4 Å². The molecule has 0 saturated carbocycles. The van der Waals surface area contributed by atoms with E-state index in [1.807, 2.05) is 0 Å². The maximum Gasteiger partial charge on any atom is 0.303 e. The van der Waals surface area contributed by atoms with E-state index < -0.39 is 5.97 Å². The van der Waals surface area contributed by atoms with E-state index in [-0.39, 0.29) is 24.2 Å². The smallest absolute Gasteiger partial charge is 0.303 e. The van der Waals surface area contributed by atoms with E-state index in [0.29, 0.717) is 31.6 Å². The molecule has 1 saturated heterocycles. The number of carbonyl (C=O) groups is 3. The molecule has 0 unspecified atom stereocenters. The lowest BCUT2D eigenvalue weighted by atomic mass is 9.95. The molecule has 0 bridgehead atoms. The Morgan fingerprint density at radius 2 is 2.06 bits per heavy atom. The number of likely N-dealkylation sites (tertiary alicyclic amines) is 1. The Labute approximate surface area is 104 Å². The fourth-order valence-electron chi connectivity index (χ4n) is 2.12. The van der Waals surface area contributed by atoms with Gasteiger partial charge in [0.15, 0.2) is 0 Å². The van der Waals surface area contributed by atoms with Crippen LogP contribution >= 0.6 is 0 Å². The first kappa shape index (κ1) is 12.5. The highest BCUT2D eigenvalue weighted by molar-refractivity contribution is 6.39. The van der Waals surface area contributed by atoms with Gasteiger partial charge in [-0.3, -0.25) is 14.4 Å². The van der Waals surface area contributed by atoms with Crippen LogP contribution in [0.3, 0.4) is 0 Å². The third-order valence-electron chi connectivity index (χ3n) is 3.16. The number of rotatable bonds is 3. The molecule has 0 aromatic carbocycles. The average Bonchev–Trinajstić information content (AvgIpc) is 2.25. The van der Waals surface area contributed by atoms with Gasteiger partial charge in [-0.25, -0.2) is 5.01 Å². The minimum absolute atomic E-state index is 0.0370. The van der Waals surface area contributed by atoms with Gasteiger partial charge in [-0.1, -0.05) is 0 Å². The number of carboxylic acid groups (broad SMARTS) is 1. The van der Waals surface area contributed by atoms with Crippen LogP contribution < -0.4 is 0 Å². The molecule has 1 N–H and O–H groups in total. The first-order valence-corrected chi connectivity index (χ1v) is 5.82. The van der Waals surface area contributed by atoms with Gasteiger partial charge in [-0.15, -0.1) is 0 Å². The van der Waals surface area contributed by atoms with Gasteiger partial charge in [0.1, 0.15) is 5.71 Å². The Balaban J connectivity index is 1.89.